The number of carbonyl (C=O) groups is 2. The number of piperidine rings is 1. The molecule has 0 spiro atoms. The molecule has 1 fully saturated rings. The largest absolute Gasteiger partial charge is 0.480 e. The summed E-state index contributed by atoms with van der Waals surface area (Å²) in [5, 5.41) is 9.20. The summed E-state index contributed by atoms with van der Waals surface area (Å²) < 4.78 is 0.863. The standard InChI is InChI=1S/C14H16BrNO3/c1-9-5-6-10(8-11(9)15)13(17)16-7-3-2-4-12(16)14(18)19/h5-6,8,12H,2-4,7H2,1H3,(H,18,19). The number of benzene rings is 1. The third-order valence-corrected chi connectivity index (χ3v) is 4.32. The van der Waals surface area contributed by atoms with E-state index >= 15 is 0 Å². The Morgan fingerprint density at radius 3 is 2.74 bits per heavy atom. The summed E-state index contributed by atoms with van der Waals surface area (Å²) in [7, 11) is 0. The molecule has 4 nitrogen and oxygen atoms in total. The smallest absolute Gasteiger partial charge is 0.326 e. The van der Waals surface area contributed by atoms with Crippen LogP contribution in [0.1, 0.15) is 35.2 Å². The summed E-state index contributed by atoms with van der Waals surface area (Å²) in [5.41, 5.74) is 1.58. The zero-order chi connectivity index (χ0) is 14.0. The summed E-state index contributed by atoms with van der Waals surface area (Å²) in [5.74, 6) is -1.12. The molecule has 0 radical (unpaired) electrons. The van der Waals surface area contributed by atoms with Gasteiger partial charge in [0.05, 0.1) is 0 Å². The van der Waals surface area contributed by atoms with Crippen molar-refractivity contribution >= 4 is 27.8 Å². The molecular weight excluding hydrogens is 310 g/mol. The van der Waals surface area contributed by atoms with Gasteiger partial charge in [0.1, 0.15) is 6.04 Å². The zero-order valence-electron chi connectivity index (χ0n) is 10.7. The minimum atomic E-state index is -0.917. The number of carboxylic acid groups (broad SMARTS) is 1. The highest BCUT2D eigenvalue weighted by atomic mass is 79.9. The van der Waals surface area contributed by atoms with Gasteiger partial charge in [-0.2, -0.15) is 0 Å². The lowest BCUT2D eigenvalue weighted by Crippen LogP contribution is -2.47. The first-order valence-corrected chi connectivity index (χ1v) is 7.10. The van der Waals surface area contributed by atoms with Gasteiger partial charge >= 0.3 is 5.97 Å². The first kappa shape index (κ1) is 14.1. The van der Waals surface area contributed by atoms with Crippen LogP contribution in [-0.2, 0) is 4.79 Å². The van der Waals surface area contributed by atoms with Crippen molar-refractivity contribution in [1.29, 1.82) is 0 Å². The van der Waals surface area contributed by atoms with Crippen LogP contribution < -0.4 is 0 Å². The summed E-state index contributed by atoms with van der Waals surface area (Å²) in [6.45, 7) is 2.46. The second-order valence-corrected chi connectivity index (χ2v) is 5.67. The normalized spacial score (nSPS) is 19.3. The molecule has 0 aliphatic carbocycles. The number of aliphatic carboxylic acids is 1. The molecule has 1 heterocycles. The SMILES string of the molecule is Cc1ccc(C(=O)N2CCCCC2C(=O)O)cc1Br. The molecule has 0 saturated carbocycles. The highest BCUT2D eigenvalue weighted by Gasteiger charge is 2.32. The van der Waals surface area contributed by atoms with Crippen LogP contribution in [0.5, 0.6) is 0 Å². The van der Waals surface area contributed by atoms with Gasteiger partial charge in [0, 0.05) is 16.6 Å². The molecule has 1 saturated heterocycles. The number of aryl methyl sites for hydroxylation is 1. The van der Waals surface area contributed by atoms with E-state index in [0.717, 1.165) is 22.9 Å². The van der Waals surface area contributed by atoms with Crippen molar-refractivity contribution in [2.45, 2.75) is 32.2 Å². The monoisotopic (exact) mass is 325 g/mol. The first-order valence-electron chi connectivity index (χ1n) is 6.30. The van der Waals surface area contributed by atoms with Crippen LogP contribution in [0, 0.1) is 6.92 Å². The molecule has 2 rings (SSSR count). The molecule has 1 aromatic rings. The minimum absolute atomic E-state index is 0.201. The third-order valence-electron chi connectivity index (χ3n) is 3.47. The maximum Gasteiger partial charge on any atom is 0.326 e. The maximum atomic E-state index is 12.4. The van der Waals surface area contributed by atoms with Gasteiger partial charge in [-0.15, -0.1) is 0 Å². The zero-order valence-corrected chi connectivity index (χ0v) is 12.3. The number of carbonyl (C=O) groups excluding carboxylic acids is 1. The van der Waals surface area contributed by atoms with E-state index in [9.17, 15) is 14.7 Å². The average Bonchev–Trinajstić information content (AvgIpc) is 2.41. The highest BCUT2D eigenvalue weighted by Crippen LogP contribution is 2.23. The molecule has 1 unspecified atom stereocenters. The summed E-state index contributed by atoms with van der Waals surface area (Å²) in [4.78, 5) is 25.1. The summed E-state index contributed by atoms with van der Waals surface area (Å²) in [6, 6.07) is 4.67. The predicted octanol–water partition coefficient (Wildman–Crippen LogP) is 2.84. The Hall–Kier alpha value is -1.36. The predicted molar refractivity (Wildman–Crippen MR) is 75.2 cm³/mol. The molecule has 1 aromatic carbocycles. The van der Waals surface area contributed by atoms with Crippen LogP contribution in [-0.4, -0.2) is 34.5 Å². The molecule has 0 aromatic heterocycles. The topological polar surface area (TPSA) is 57.6 Å². The molecule has 1 aliphatic rings. The fourth-order valence-electron chi connectivity index (χ4n) is 2.32. The van der Waals surface area contributed by atoms with Gasteiger partial charge in [-0.05, 0) is 43.9 Å². The van der Waals surface area contributed by atoms with E-state index in [-0.39, 0.29) is 5.91 Å². The number of rotatable bonds is 2. The van der Waals surface area contributed by atoms with Crippen molar-refractivity contribution in [1.82, 2.24) is 4.90 Å². The Kier molecular flexibility index (Phi) is 4.24. The summed E-state index contributed by atoms with van der Waals surface area (Å²) >= 11 is 3.40. The number of hydrogen-bond donors (Lipinski definition) is 1. The van der Waals surface area contributed by atoms with Crippen LogP contribution >= 0.6 is 15.9 Å². The van der Waals surface area contributed by atoms with Gasteiger partial charge in [-0.1, -0.05) is 22.0 Å². The van der Waals surface area contributed by atoms with Crippen LogP contribution in [0.25, 0.3) is 0 Å². The van der Waals surface area contributed by atoms with E-state index in [1.807, 2.05) is 13.0 Å². The van der Waals surface area contributed by atoms with Gasteiger partial charge in [-0.25, -0.2) is 4.79 Å². The van der Waals surface area contributed by atoms with E-state index in [0.29, 0.717) is 18.5 Å². The second kappa shape index (κ2) is 5.74. The number of hydrogen-bond acceptors (Lipinski definition) is 2. The van der Waals surface area contributed by atoms with E-state index in [1.54, 1.807) is 12.1 Å². The molecule has 1 amide bonds. The highest BCUT2D eigenvalue weighted by molar-refractivity contribution is 9.10. The molecule has 5 heteroatoms. The number of likely N-dealkylation sites (tertiary alicyclic amines) is 1. The second-order valence-electron chi connectivity index (χ2n) is 4.81. The Morgan fingerprint density at radius 1 is 1.37 bits per heavy atom. The Morgan fingerprint density at radius 2 is 2.11 bits per heavy atom. The molecule has 19 heavy (non-hydrogen) atoms. The Labute approximate surface area is 120 Å². The van der Waals surface area contributed by atoms with Crippen molar-refractivity contribution in [3.8, 4) is 0 Å². The number of nitrogens with zero attached hydrogens (tertiary/aromatic N) is 1. The van der Waals surface area contributed by atoms with Gasteiger partial charge < -0.3 is 10.0 Å². The fourth-order valence-corrected chi connectivity index (χ4v) is 2.70. The molecule has 102 valence electrons. The van der Waals surface area contributed by atoms with Crippen LogP contribution in [0.15, 0.2) is 22.7 Å². The lowest BCUT2D eigenvalue weighted by atomic mass is 10.0. The number of halogens is 1. The number of amides is 1. The van der Waals surface area contributed by atoms with Crippen molar-refractivity contribution in [3.05, 3.63) is 33.8 Å². The van der Waals surface area contributed by atoms with E-state index in [4.69, 9.17) is 0 Å². The average molecular weight is 326 g/mol. The quantitative estimate of drug-likeness (QED) is 0.909. The van der Waals surface area contributed by atoms with Crippen LogP contribution in [0.2, 0.25) is 0 Å². The van der Waals surface area contributed by atoms with Gasteiger partial charge in [-0.3, -0.25) is 4.79 Å². The van der Waals surface area contributed by atoms with Gasteiger partial charge in [0.15, 0.2) is 0 Å². The van der Waals surface area contributed by atoms with Crippen molar-refractivity contribution in [2.75, 3.05) is 6.54 Å². The van der Waals surface area contributed by atoms with E-state index in [2.05, 4.69) is 15.9 Å². The Balaban J connectivity index is 2.26. The molecule has 1 N–H and O–H groups in total. The molecule has 0 bridgehead atoms. The van der Waals surface area contributed by atoms with Gasteiger partial charge in [0.25, 0.3) is 5.91 Å². The molecule has 1 atom stereocenters. The first-order chi connectivity index (χ1) is 9.00. The lowest BCUT2D eigenvalue weighted by Gasteiger charge is -2.33. The van der Waals surface area contributed by atoms with Crippen molar-refractivity contribution in [3.63, 3.8) is 0 Å². The fraction of sp³-hybridized carbons (Fsp3) is 0.429. The minimum Gasteiger partial charge on any atom is -0.480 e. The van der Waals surface area contributed by atoms with E-state index < -0.39 is 12.0 Å². The van der Waals surface area contributed by atoms with Crippen LogP contribution in [0.4, 0.5) is 0 Å². The van der Waals surface area contributed by atoms with Gasteiger partial charge in [0.2, 0.25) is 0 Å². The van der Waals surface area contributed by atoms with Crippen molar-refractivity contribution in [2.24, 2.45) is 0 Å². The van der Waals surface area contributed by atoms with Crippen LogP contribution in [0.3, 0.4) is 0 Å². The maximum absolute atomic E-state index is 12.4. The third kappa shape index (κ3) is 2.97. The lowest BCUT2D eigenvalue weighted by molar-refractivity contribution is -0.143. The van der Waals surface area contributed by atoms with E-state index in [1.165, 1.54) is 4.90 Å². The number of carboxylic acids is 1. The molecular formula is C14H16BrNO3. The summed E-state index contributed by atoms with van der Waals surface area (Å²) in [6.07, 6.45) is 2.26. The molecule has 1 aliphatic heterocycles. The Bertz CT molecular complexity index is 515. The van der Waals surface area contributed by atoms with Crippen molar-refractivity contribution < 1.29 is 14.7 Å².